The van der Waals surface area contributed by atoms with Crippen LogP contribution in [0.25, 0.3) is 0 Å². The van der Waals surface area contributed by atoms with Crippen LogP contribution in [0.5, 0.6) is 0 Å². The maximum absolute atomic E-state index is 4.60. The fourth-order valence-electron chi connectivity index (χ4n) is 1.57. The minimum Gasteiger partial charge on any atom is -0.361 e. The highest BCUT2D eigenvalue weighted by Gasteiger charge is 2.27. The molecule has 80 valence electrons. The van der Waals surface area contributed by atoms with Gasteiger partial charge in [-0.3, -0.25) is 4.99 Å². The van der Waals surface area contributed by atoms with Crippen molar-refractivity contribution in [3.05, 3.63) is 0 Å². The van der Waals surface area contributed by atoms with E-state index in [1.54, 1.807) is 0 Å². The van der Waals surface area contributed by atoms with Crippen LogP contribution >= 0.6 is 27.7 Å². The van der Waals surface area contributed by atoms with Crippen LogP contribution in [0.2, 0.25) is 0 Å². The van der Waals surface area contributed by atoms with Crippen LogP contribution in [-0.4, -0.2) is 28.3 Å². The average Bonchev–Trinajstić information content (AvgIpc) is 2.91. The second kappa shape index (κ2) is 4.88. The molecule has 1 heterocycles. The summed E-state index contributed by atoms with van der Waals surface area (Å²) in [5, 5.41) is 6.28. The van der Waals surface area contributed by atoms with Crippen molar-refractivity contribution in [2.24, 2.45) is 10.9 Å². The number of nitrogens with one attached hydrogen (secondary N) is 1. The summed E-state index contributed by atoms with van der Waals surface area (Å²) in [6.07, 6.45) is 4.16. The number of thioether (sulfide) groups is 1. The largest absolute Gasteiger partial charge is 0.361 e. The van der Waals surface area contributed by atoms with E-state index < -0.39 is 0 Å². The summed E-state index contributed by atoms with van der Waals surface area (Å²) in [6.45, 7) is 3.24. The third-order valence-electron chi connectivity index (χ3n) is 2.81. The summed E-state index contributed by atoms with van der Waals surface area (Å²) < 4.78 is 0. The number of aliphatic imine (C=N–C) groups is 1. The second-order valence-corrected chi connectivity index (χ2v) is 6.04. The number of halogens is 1. The van der Waals surface area contributed by atoms with Gasteiger partial charge < -0.3 is 5.32 Å². The maximum atomic E-state index is 4.60. The van der Waals surface area contributed by atoms with Gasteiger partial charge in [-0.1, -0.05) is 40.5 Å². The van der Waals surface area contributed by atoms with Crippen molar-refractivity contribution < 1.29 is 0 Å². The number of alkyl halides is 1. The van der Waals surface area contributed by atoms with Crippen LogP contribution < -0.4 is 5.32 Å². The molecule has 2 nitrogen and oxygen atoms in total. The molecule has 0 amide bonds. The van der Waals surface area contributed by atoms with Gasteiger partial charge in [0.2, 0.25) is 0 Å². The summed E-state index contributed by atoms with van der Waals surface area (Å²) in [5.74, 6) is 0.996. The molecule has 0 spiro atoms. The van der Waals surface area contributed by atoms with Gasteiger partial charge in [0.15, 0.2) is 5.17 Å². The van der Waals surface area contributed by atoms with E-state index in [1.165, 1.54) is 19.3 Å². The van der Waals surface area contributed by atoms with Gasteiger partial charge in [0.05, 0.1) is 0 Å². The van der Waals surface area contributed by atoms with E-state index in [4.69, 9.17) is 0 Å². The molecule has 1 aliphatic carbocycles. The number of nitrogens with zero attached hydrogens (tertiary/aromatic N) is 1. The third-order valence-corrected chi connectivity index (χ3v) is 5.29. The Morgan fingerprint density at radius 1 is 1.57 bits per heavy atom. The van der Waals surface area contributed by atoms with Crippen molar-refractivity contribution in [1.29, 1.82) is 0 Å². The van der Waals surface area contributed by atoms with E-state index in [0.29, 0.717) is 11.3 Å². The highest BCUT2D eigenvalue weighted by atomic mass is 79.9. The Labute approximate surface area is 98.4 Å². The lowest BCUT2D eigenvalue weighted by Gasteiger charge is -2.07. The van der Waals surface area contributed by atoms with Crippen molar-refractivity contribution in [3.8, 4) is 0 Å². The predicted octanol–water partition coefficient (Wildman–Crippen LogP) is 2.63. The van der Waals surface area contributed by atoms with E-state index in [2.05, 4.69) is 33.2 Å². The molecule has 0 bridgehead atoms. The molecule has 1 N–H and O–H groups in total. The first kappa shape index (κ1) is 10.8. The fourth-order valence-corrected chi connectivity index (χ4v) is 3.57. The molecule has 1 saturated carbocycles. The number of rotatable bonds is 4. The van der Waals surface area contributed by atoms with Crippen molar-refractivity contribution in [2.45, 2.75) is 37.5 Å². The molecule has 1 saturated heterocycles. The van der Waals surface area contributed by atoms with E-state index >= 15 is 0 Å². The van der Waals surface area contributed by atoms with E-state index in [1.807, 2.05) is 11.8 Å². The molecule has 2 unspecified atom stereocenters. The predicted molar refractivity (Wildman–Crippen MR) is 67.4 cm³/mol. The van der Waals surface area contributed by atoms with Crippen LogP contribution in [0.15, 0.2) is 4.99 Å². The number of hydrogen-bond acceptors (Lipinski definition) is 2. The topological polar surface area (TPSA) is 24.4 Å². The van der Waals surface area contributed by atoms with Crippen LogP contribution in [0.3, 0.4) is 0 Å². The van der Waals surface area contributed by atoms with E-state index in [0.717, 1.165) is 23.0 Å². The zero-order chi connectivity index (χ0) is 9.97. The Morgan fingerprint density at radius 3 is 2.93 bits per heavy atom. The lowest BCUT2D eigenvalue weighted by atomic mass is 10.3. The Balaban J connectivity index is 1.74. The molecule has 2 fully saturated rings. The molecule has 0 aromatic carbocycles. The van der Waals surface area contributed by atoms with Gasteiger partial charge in [-0.25, -0.2) is 0 Å². The highest BCUT2D eigenvalue weighted by molar-refractivity contribution is 9.09. The third kappa shape index (κ3) is 2.89. The smallest absolute Gasteiger partial charge is 0.157 e. The average molecular weight is 277 g/mol. The Morgan fingerprint density at radius 2 is 2.36 bits per heavy atom. The van der Waals surface area contributed by atoms with E-state index in [-0.39, 0.29) is 0 Å². The van der Waals surface area contributed by atoms with Crippen molar-refractivity contribution in [2.75, 3.05) is 11.9 Å². The number of amidine groups is 1. The summed E-state index contributed by atoms with van der Waals surface area (Å²) in [7, 11) is 0. The van der Waals surface area contributed by atoms with Crippen LogP contribution in [0.4, 0.5) is 0 Å². The quantitative estimate of drug-likeness (QED) is 0.799. The molecule has 2 rings (SSSR count). The van der Waals surface area contributed by atoms with Crippen LogP contribution in [-0.2, 0) is 0 Å². The standard InChI is InChI=1S/C10H17BrN2S/c1-7-9(6-11)14-10(13-7)12-5-4-8-2-3-8/h7-9H,2-6H2,1H3,(H,12,13). The van der Waals surface area contributed by atoms with Gasteiger partial charge in [-0.2, -0.15) is 0 Å². The van der Waals surface area contributed by atoms with Crippen molar-refractivity contribution in [3.63, 3.8) is 0 Å². The SMILES string of the molecule is CC1NC(=NCCC2CC2)SC1CBr. The van der Waals surface area contributed by atoms with Gasteiger partial charge in [0.25, 0.3) is 0 Å². The molecule has 0 aromatic rings. The Hall–Kier alpha value is 0.300. The van der Waals surface area contributed by atoms with Crippen LogP contribution in [0, 0.1) is 5.92 Å². The first-order chi connectivity index (χ1) is 6.79. The Kier molecular flexibility index (Phi) is 3.77. The van der Waals surface area contributed by atoms with Gasteiger partial charge in [-0.05, 0) is 19.3 Å². The van der Waals surface area contributed by atoms with Crippen molar-refractivity contribution >= 4 is 32.9 Å². The van der Waals surface area contributed by atoms with Crippen molar-refractivity contribution in [1.82, 2.24) is 5.32 Å². The molecule has 0 radical (unpaired) electrons. The Bertz CT molecular complexity index is 228. The van der Waals surface area contributed by atoms with Gasteiger partial charge in [0.1, 0.15) is 0 Å². The highest BCUT2D eigenvalue weighted by Crippen LogP contribution is 2.32. The minimum atomic E-state index is 0.555. The zero-order valence-electron chi connectivity index (χ0n) is 8.50. The summed E-state index contributed by atoms with van der Waals surface area (Å²) in [5.41, 5.74) is 0. The molecular weight excluding hydrogens is 260 g/mol. The molecule has 14 heavy (non-hydrogen) atoms. The fraction of sp³-hybridized carbons (Fsp3) is 0.900. The monoisotopic (exact) mass is 276 g/mol. The van der Waals surface area contributed by atoms with Crippen LogP contribution in [0.1, 0.15) is 26.2 Å². The normalized spacial score (nSPS) is 34.9. The van der Waals surface area contributed by atoms with Gasteiger partial charge >= 0.3 is 0 Å². The first-order valence-electron chi connectivity index (χ1n) is 5.33. The summed E-state index contributed by atoms with van der Waals surface area (Å²) in [4.78, 5) is 4.60. The lowest BCUT2D eigenvalue weighted by molar-refractivity contribution is 0.680. The van der Waals surface area contributed by atoms with Gasteiger partial charge in [0, 0.05) is 23.2 Å². The molecule has 2 atom stereocenters. The maximum Gasteiger partial charge on any atom is 0.157 e. The van der Waals surface area contributed by atoms with Gasteiger partial charge in [-0.15, -0.1) is 0 Å². The molecule has 0 aromatic heterocycles. The zero-order valence-corrected chi connectivity index (χ0v) is 10.9. The second-order valence-electron chi connectivity index (χ2n) is 4.16. The number of hydrogen-bond donors (Lipinski definition) is 1. The molecule has 1 aliphatic heterocycles. The molecule has 2 aliphatic rings. The summed E-state index contributed by atoms with van der Waals surface area (Å²) >= 11 is 5.41. The van der Waals surface area contributed by atoms with E-state index in [9.17, 15) is 0 Å². The summed E-state index contributed by atoms with van der Waals surface area (Å²) in [6, 6.07) is 0.555. The lowest BCUT2D eigenvalue weighted by Crippen LogP contribution is -2.28. The molecular formula is C10H17BrN2S. The minimum absolute atomic E-state index is 0.555. The molecule has 4 heteroatoms. The first-order valence-corrected chi connectivity index (χ1v) is 7.33.